The van der Waals surface area contributed by atoms with Crippen LogP contribution in [-0.2, 0) is 26.0 Å². The van der Waals surface area contributed by atoms with Gasteiger partial charge in [0.05, 0.1) is 22.6 Å². The zero-order valence-corrected chi connectivity index (χ0v) is 20.2. The van der Waals surface area contributed by atoms with Gasteiger partial charge in [0.1, 0.15) is 11.9 Å². The van der Waals surface area contributed by atoms with E-state index < -0.39 is 39.6 Å². The Morgan fingerprint density at radius 1 is 1.03 bits per heavy atom. The molecule has 36 heavy (non-hydrogen) atoms. The van der Waals surface area contributed by atoms with Gasteiger partial charge in [0, 0.05) is 6.54 Å². The molecule has 0 saturated carbocycles. The van der Waals surface area contributed by atoms with E-state index in [2.05, 4.69) is 0 Å². The molecule has 1 unspecified atom stereocenters. The van der Waals surface area contributed by atoms with Crippen molar-refractivity contribution in [3.63, 3.8) is 0 Å². The summed E-state index contributed by atoms with van der Waals surface area (Å²) in [6.07, 6.45) is -0.00908. The zero-order chi connectivity index (χ0) is 26.0. The molecule has 1 aliphatic rings. The van der Waals surface area contributed by atoms with E-state index in [1.165, 1.54) is 35.2 Å². The number of carbonyl (C=O) groups excluding carboxylic acids is 3. The molecule has 0 bridgehead atoms. The van der Waals surface area contributed by atoms with Gasteiger partial charge in [-0.25, -0.2) is 22.8 Å². The fourth-order valence-corrected chi connectivity index (χ4v) is 4.62. The summed E-state index contributed by atoms with van der Waals surface area (Å²) in [5.74, 6) is -2.49. The summed E-state index contributed by atoms with van der Waals surface area (Å²) in [6.45, 7) is 1.87. The first-order chi connectivity index (χ1) is 17.1. The molecule has 2 N–H and O–H groups in total. The first-order valence-corrected chi connectivity index (χ1v) is 12.7. The van der Waals surface area contributed by atoms with Crippen molar-refractivity contribution in [2.75, 3.05) is 11.4 Å². The highest BCUT2D eigenvalue weighted by molar-refractivity contribution is 7.89. The molecule has 0 aromatic heterocycles. The van der Waals surface area contributed by atoms with Crippen LogP contribution in [-0.4, -0.2) is 43.6 Å². The maximum atomic E-state index is 14.5. The second kappa shape index (κ2) is 10.00. The Morgan fingerprint density at radius 2 is 1.67 bits per heavy atom. The zero-order valence-electron chi connectivity index (χ0n) is 19.4. The van der Waals surface area contributed by atoms with E-state index in [9.17, 15) is 27.2 Å². The number of anilines is 1. The lowest BCUT2D eigenvalue weighted by Crippen LogP contribution is -2.46. The number of rotatable bonds is 7. The number of nitrogens with zero attached hydrogens (tertiary/aromatic N) is 2. The quantitative estimate of drug-likeness (QED) is 0.492. The van der Waals surface area contributed by atoms with Crippen molar-refractivity contribution in [3.8, 4) is 0 Å². The predicted molar refractivity (Wildman–Crippen MR) is 131 cm³/mol. The molecule has 0 spiro atoms. The Bertz CT molecular complexity index is 1420. The van der Waals surface area contributed by atoms with Crippen molar-refractivity contribution >= 4 is 33.4 Å². The average Bonchev–Trinajstić information content (AvgIpc) is 3.13. The minimum Gasteiger partial charge on any atom is -0.326 e. The van der Waals surface area contributed by atoms with Crippen LogP contribution in [0.4, 0.5) is 10.1 Å². The minimum atomic E-state index is -3.86. The maximum Gasteiger partial charge on any atom is 0.257 e. The van der Waals surface area contributed by atoms with Crippen LogP contribution < -0.4 is 10.0 Å². The van der Waals surface area contributed by atoms with Gasteiger partial charge in [-0.3, -0.25) is 14.4 Å². The van der Waals surface area contributed by atoms with Crippen LogP contribution in [0.25, 0.3) is 0 Å². The van der Waals surface area contributed by atoms with Crippen LogP contribution in [0.15, 0.2) is 77.7 Å². The van der Waals surface area contributed by atoms with Crippen molar-refractivity contribution in [3.05, 3.63) is 95.3 Å². The van der Waals surface area contributed by atoms with Gasteiger partial charge in [-0.05, 0) is 55.3 Å². The maximum absolute atomic E-state index is 14.5. The fourth-order valence-electron chi connectivity index (χ4n) is 4.11. The van der Waals surface area contributed by atoms with E-state index in [0.717, 1.165) is 16.5 Å². The second-order valence-corrected chi connectivity index (χ2v) is 10.1. The van der Waals surface area contributed by atoms with E-state index in [1.54, 1.807) is 36.4 Å². The summed E-state index contributed by atoms with van der Waals surface area (Å²) >= 11 is 0. The summed E-state index contributed by atoms with van der Waals surface area (Å²) in [7, 11) is -3.86. The van der Waals surface area contributed by atoms with Crippen molar-refractivity contribution < 1.29 is 27.2 Å². The Kier molecular flexibility index (Phi) is 7.00. The van der Waals surface area contributed by atoms with Crippen molar-refractivity contribution in [2.45, 2.75) is 30.7 Å². The Balaban J connectivity index is 1.63. The van der Waals surface area contributed by atoms with Crippen LogP contribution in [0.3, 0.4) is 0 Å². The number of hydrogen-bond donors (Lipinski definition) is 1. The number of nitrogens with two attached hydrogens (primary N) is 1. The number of amides is 3. The molecule has 186 valence electrons. The lowest BCUT2D eigenvalue weighted by atomic mass is 10.1. The summed E-state index contributed by atoms with van der Waals surface area (Å²) in [4.78, 5) is 41.8. The number of aryl methyl sites for hydroxylation is 1. The fraction of sp³-hybridized carbons (Fsp3) is 0.192. The van der Waals surface area contributed by atoms with Gasteiger partial charge in [-0.2, -0.15) is 0 Å². The number of hydrogen-bond acceptors (Lipinski definition) is 5. The molecule has 1 saturated heterocycles. The molecular formula is C26H24FN3O5S. The molecule has 3 aromatic carbocycles. The lowest BCUT2D eigenvalue weighted by Gasteiger charge is -2.28. The number of imide groups is 1. The largest absolute Gasteiger partial charge is 0.326 e. The average molecular weight is 510 g/mol. The molecule has 3 aromatic rings. The van der Waals surface area contributed by atoms with Crippen LogP contribution >= 0.6 is 0 Å². The second-order valence-electron chi connectivity index (χ2n) is 8.54. The van der Waals surface area contributed by atoms with Gasteiger partial charge in [0.15, 0.2) is 0 Å². The van der Waals surface area contributed by atoms with Gasteiger partial charge in [0.25, 0.3) is 11.8 Å². The third-order valence-corrected chi connectivity index (χ3v) is 6.98. The SMILES string of the molecule is Cc1ccc(N2C(=O)CC(N(CCc3ccc(S(N)(=O)=O)cc3)C(=O)c3ccccc3F)C2=O)cc1. The van der Waals surface area contributed by atoms with Gasteiger partial charge in [-0.1, -0.05) is 42.0 Å². The first kappa shape index (κ1) is 25.2. The molecule has 1 atom stereocenters. The molecule has 1 aliphatic heterocycles. The molecule has 0 aliphatic carbocycles. The molecule has 10 heteroatoms. The van der Waals surface area contributed by atoms with Crippen LogP contribution in [0.5, 0.6) is 0 Å². The van der Waals surface area contributed by atoms with Crippen LogP contribution in [0.1, 0.15) is 27.9 Å². The number of primary sulfonamides is 1. The van der Waals surface area contributed by atoms with Crippen molar-refractivity contribution in [1.82, 2.24) is 4.90 Å². The van der Waals surface area contributed by atoms with Gasteiger partial charge in [-0.15, -0.1) is 0 Å². The van der Waals surface area contributed by atoms with Crippen molar-refractivity contribution in [1.29, 1.82) is 0 Å². The van der Waals surface area contributed by atoms with E-state index in [0.29, 0.717) is 11.3 Å². The van der Waals surface area contributed by atoms with E-state index in [4.69, 9.17) is 5.14 Å². The first-order valence-electron chi connectivity index (χ1n) is 11.2. The highest BCUT2D eigenvalue weighted by Gasteiger charge is 2.44. The number of halogens is 1. The highest BCUT2D eigenvalue weighted by Crippen LogP contribution is 2.27. The molecule has 8 nitrogen and oxygen atoms in total. The normalized spacial score (nSPS) is 15.9. The Labute approximate surface area is 208 Å². The van der Waals surface area contributed by atoms with Gasteiger partial charge in [0.2, 0.25) is 15.9 Å². The number of sulfonamides is 1. The summed E-state index contributed by atoms with van der Waals surface area (Å²) < 4.78 is 37.5. The predicted octanol–water partition coefficient (Wildman–Crippen LogP) is 2.80. The molecule has 4 rings (SSSR count). The third kappa shape index (κ3) is 5.19. The summed E-state index contributed by atoms with van der Waals surface area (Å²) in [6, 6.07) is 17.0. The topological polar surface area (TPSA) is 118 Å². The molecule has 1 fully saturated rings. The molecule has 1 heterocycles. The van der Waals surface area contributed by atoms with Crippen LogP contribution in [0.2, 0.25) is 0 Å². The standard InChI is InChI=1S/C26H24FN3O5S/c1-17-6-10-19(11-7-17)30-24(31)16-23(26(30)33)29(25(32)21-4-2-3-5-22(21)27)15-14-18-8-12-20(13-9-18)36(28,34)35/h2-13,23H,14-16H2,1H3,(H2,28,34,35). The Morgan fingerprint density at radius 3 is 2.28 bits per heavy atom. The molecule has 3 amide bonds. The number of benzene rings is 3. The number of carbonyl (C=O) groups is 3. The van der Waals surface area contributed by atoms with E-state index in [-0.39, 0.29) is 29.8 Å². The monoisotopic (exact) mass is 509 g/mol. The van der Waals surface area contributed by atoms with Crippen molar-refractivity contribution in [2.24, 2.45) is 5.14 Å². The lowest BCUT2D eigenvalue weighted by molar-refractivity contribution is -0.122. The van der Waals surface area contributed by atoms with Gasteiger partial charge >= 0.3 is 0 Å². The molecular weight excluding hydrogens is 485 g/mol. The Hall–Kier alpha value is -3.89. The summed E-state index contributed by atoms with van der Waals surface area (Å²) in [5, 5.41) is 5.14. The smallest absolute Gasteiger partial charge is 0.257 e. The van der Waals surface area contributed by atoms with Crippen LogP contribution in [0, 0.1) is 12.7 Å². The highest BCUT2D eigenvalue weighted by atomic mass is 32.2. The minimum absolute atomic E-state index is 0.00663. The third-order valence-electron chi connectivity index (χ3n) is 6.05. The van der Waals surface area contributed by atoms with Gasteiger partial charge < -0.3 is 4.90 Å². The summed E-state index contributed by atoms with van der Waals surface area (Å²) in [5.41, 5.74) is 1.81. The molecule has 0 radical (unpaired) electrons. The van der Waals surface area contributed by atoms with E-state index >= 15 is 0 Å². The van der Waals surface area contributed by atoms with E-state index in [1.807, 2.05) is 6.92 Å².